The minimum absolute atomic E-state index is 0. The molecule has 2 N–H and O–H groups in total. The number of sulfonamides is 1. The van der Waals surface area contributed by atoms with Crippen molar-refractivity contribution in [3.05, 3.63) is 16.5 Å². The van der Waals surface area contributed by atoms with E-state index in [2.05, 4.69) is 0 Å². The van der Waals surface area contributed by atoms with Crippen molar-refractivity contribution in [2.24, 2.45) is 11.1 Å². The van der Waals surface area contributed by atoms with E-state index in [1.54, 1.807) is 10.4 Å². The summed E-state index contributed by atoms with van der Waals surface area (Å²) in [6, 6.07) is 1.84. The van der Waals surface area contributed by atoms with Crippen molar-refractivity contribution in [1.82, 2.24) is 4.31 Å². The molecule has 0 bridgehead atoms. The molecule has 0 saturated carbocycles. The van der Waals surface area contributed by atoms with Gasteiger partial charge in [-0.05, 0) is 37.3 Å². The van der Waals surface area contributed by atoms with Gasteiger partial charge in [-0.1, -0.05) is 13.8 Å². The van der Waals surface area contributed by atoms with E-state index in [1.165, 1.54) is 11.3 Å². The average molecular weight is 339 g/mol. The highest BCUT2D eigenvalue weighted by atomic mass is 35.5. The minimum atomic E-state index is -3.36. The third-order valence-corrected chi connectivity index (χ3v) is 7.46. The van der Waals surface area contributed by atoms with Crippen molar-refractivity contribution in [2.45, 2.75) is 44.4 Å². The van der Waals surface area contributed by atoms with Crippen LogP contribution in [0.25, 0.3) is 0 Å². The molecule has 116 valence electrons. The van der Waals surface area contributed by atoms with Crippen molar-refractivity contribution in [2.75, 3.05) is 13.1 Å². The Hall–Kier alpha value is -0.140. The summed E-state index contributed by atoms with van der Waals surface area (Å²) in [6.07, 6.45) is 0.718. The molecule has 0 radical (unpaired) electrons. The van der Waals surface area contributed by atoms with Crippen LogP contribution < -0.4 is 5.73 Å². The third-order valence-electron chi connectivity index (χ3n) is 4.01. The van der Waals surface area contributed by atoms with Crippen molar-refractivity contribution in [3.63, 3.8) is 0 Å². The van der Waals surface area contributed by atoms with Gasteiger partial charge in [-0.2, -0.15) is 4.31 Å². The van der Waals surface area contributed by atoms with E-state index in [1.807, 2.05) is 27.7 Å². The van der Waals surface area contributed by atoms with Gasteiger partial charge in [0.05, 0.1) is 0 Å². The molecule has 0 aromatic carbocycles. The molecule has 2 heterocycles. The molecule has 1 aromatic rings. The Bertz CT molecular complexity index is 562. The lowest BCUT2D eigenvalue weighted by atomic mass is 9.81. The van der Waals surface area contributed by atoms with Gasteiger partial charge in [0.1, 0.15) is 4.21 Å². The van der Waals surface area contributed by atoms with E-state index in [4.69, 9.17) is 5.73 Å². The molecule has 1 fully saturated rings. The minimum Gasteiger partial charge on any atom is -0.327 e. The lowest BCUT2D eigenvalue weighted by Crippen LogP contribution is -2.53. The van der Waals surface area contributed by atoms with Gasteiger partial charge in [0, 0.05) is 24.0 Å². The molecule has 1 unspecified atom stereocenters. The van der Waals surface area contributed by atoms with Crippen LogP contribution in [0.5, 0.6) is 0 Å². The standard InChI is InChI=1S/C13H22N2O2S2.ClH/c1-9-7-12(18-10(9)2)19(16,17)15-6-5-11(14)13(3,4)8-15;/h7,11H,5-6,8,14H2,1-4H3;1H. The average Bonchev–Trinajstić information content (AvgIpc) is 2.63. The van der Waals surface area contributed by atoms with E-state index in [0.29, 0.717) is 17.3 Å². The summed E-state index contributed by atoms with van der Waals surface area (Å²) in [7, 11) is -3.36. The van der Waals surface area contributed by atoms with Gasteiger partial charge in [0.2, 0.25) is 0 Å². The molecular formula is C13H23ClN2O2S2. The zero-order valence-corrected chi connectivity index (χ0v) is 14.8. The summed E-state index contributed by atoms with van der Waals surface area (Å²) in [6.45, 7) is 8.97. The predicted molar refractivity (Wildman–Crippen MR) is 86.2 cm³/mol. The maximum atomic E-state index is 12.6. The Morgan fingerprint density at radius 1 is 1.40 bits per heavy atom. The number of halogens is 1. The summed E-state index contributed by atoms with van der Waals surface area (Å²) in [5.74, 6) is 0. The first kappa shape index (κ1) is 17.9. The molecule has 7 heteroatoms. The van der Waals surface area contributed by atoms with Crippen LogP contribution in [0.1, 0.15) is 30.7 Å². The van der Waals surface area contributed by atoms with Crippen molar-refractivity contribution < 1.29 is 8.42 Å². The first-order valence-corrected chi connectivity index (χ1v) is 8.73. The maximum absolute atomic E-state index is 12.6. The highest BCUT2D eigenvalue weighted by molar-refractivity contribution is 7.91. The van der Waals surface area contributed by atoms with Crippen LogP contribution in [0.15, 0.2) is 10.3 Å². The number of hydrogen-bond donors (Lipinski definition) is 1. The number of rotatable bonds is 2. The molecule has 1 aliphatic rings. The molecule has 0 amide bonds. The summed E-state index contributed by atoms with van der Waals surface area (Å²) in [5.41, 5.74) is 6.93. The van der Waals surface area contributed by atoms with E-state index >= 15 is 0 Å². The summed E-state index contributed by atoms with van der Waals surface area (Å²) >= 11 is 1.36. The van der Waals surface area contributed by atoms with Gasteiger partial charge in [0.25, 0.3) is 10.0 Å². The molecule has 4 nitrogen and oxygen atoms in total. The lowest BCUT2D eigenvalue weighted by Gasteiger charge is -2.41. The predicted octanol–water partition coefficient (Wildman–Crippen LogP) is 2.53. The Morgan fingerprint density at radius 2 is 2.00 bits per heavy atom. The molecular weight excluding hydrogens is 316 g/mol. The zero-order chi connectivity index (χ0) is 14.4. The normalized spacial score (nSPS) is 23.4. The summed E-state index contributed by atoms with van der Waals surface area (Å²) in [5, 5.41) is 0. The van der Waals surface area contributed by atoms with Crippen LogP contribution in [0.4, 0.5) is 0 Å². The maximum Gasteiger partial charge on any atom is 0.252 e. The van der Waals surface area contributed by atoms with Crippen LogP contribution in [0.3, 0.4) is 0 Å². The molecule has 0 spiro atoms. The first-order valence-electron chi connectivity index (χ1n) is 6.47. The fraction of sp³-hybridized carbons (Fsp3) is 0.692. The number of piperidine rings is 1. The number of aryl methyl sites for hydroxylation is 2. The summed E-state index contributed by atoms with van der Waals surface area (Å²) in [4.78, 5) is 1.06. The van der Waals surface area contributed by atoms with Crippen molar-refractivity contribution in [3.8, 4) is 0 Å². The van der Waals surface area contributed by atoms with Crippen LogP contribution in [0.2, 0.25) is 0 Å². The highest BCUT2D eigenvalue weighted by Crippen LogP contribution is 2.34. The van der Waals surface area contributed by atoms with Crippen LogP contribution in [-0.4, -0.2) is 31.9 Å². The molecule has 0 aliphatic carbocycles. The second-order valence-corrected chi connectivity index (χ2v) is 9.45. The van der Waals surface area contributed by atoms with Crippen LogP contribution >= 0.6 is 23.7 Å². The smallest absolute Gasteiger partial charge is 0.252 e. The second-order valence-electron chi connectivity index (χ2n) is 6.03. The fourth-order valence-electron chi connectivity index (χ4n) is 2.32. The summed E-state index contributed by atoms with van der Waals surface area (Å²) < 4.78 is 27.3. The lowest BCUT2D eigenvalue weighted by molar-refractivity contribution is 0.156. The van der Waals surface area contributed by atoms with Gasteiger partial charge >= 0.3 is 0 Å². The zero-order valence-electron chi connectivity index (χ0n) is 12.3. The molecule has 1 aromatic heterocycles. The number of hydrogen-bond acceptors (Lipinski definition) is 4. The Labute approximate surface area is 131 Å². The monoisotopic (exact) mass is 338 g/mol. The third kappa shape index (κ3) is 3.20. The van der Waals surface area contributed by atoms with Gasteiger partial charge in [-0.3, -0.25) is 0 Å². The van der Waals surface area contributed by atoms with Crippen LogP contribution in [0, 0.1) is 19.3 Å². The number of nitrogens with two attached hydrogens (primary N) is 1. The second kappa shape index (κ2) is 5.93. The van der Waals surface area contributed by atoms with E-state index < -0.39 is 10.0 Å². The highest BCUT2D eigenvalue weighted by Gasteiger charge is 2.39. The van der Waals surface area contributed by atoms with Crippen molar-refractivity contribution in [1.29, 1.82) is 0 Å². The fourth-order valence-corrected chi connectivity index (χ4v) is 5.62. The molecule has 1 aliphatic heterocycles. The van der Waals surface area contributed by atoms with Gasteiger partial charge < -0.3 is 5.73 Å². The molecule has 20 heavy (non-hydrogen) atoms. The first-order chi connectivity index (χ1) is 8.64. The number of nitrogens with zero attached hydrogens (tertiary/aromatic N) is 1. The molecule has 1 saturated heterocycles. The Morgan fingerprint density at radius 3 is 2.45 bits per heavy atom. The Balaban J connectivity index is 0.00000200. The number of thiophene rings is 1. The quantitative estimate of drug-likeness (QED) is 0.901. The SMILES string of the molecule is Cc1cc(S(=O)(=O)N2CCC(N)C(C)(C)C2)sc1C.Cl. The topological polar surface area (TPSA) is 63.4 Å². The van der Waals surface area contributed by atoms with Crippen molar-refractivity contribution >= 4 is 33.8 Å². The van der Waals surface area contributed by atoms with Gasteiger partial charge in [0.15, 0.2) is 0 Å². The largest absolute Gasteiger partial charge is 0.327 e. The molecule has 2 rings (SSSR count). The Kier molecular flexibility index (Phi) is 5.31. The molecule has 1 atom stereocenters. The van der Waals surface area contributed by atoms with E-state index in [9.17, 15) is 8.42 Å². The van der Waals surface area contributed by atoms with Crippen LogP contribution in [-0.2, 0) is 10.0 Å². The van der Waals surface area contributed by atoms with E-state index in [-0.39, 0.29) is 23.9 Å². The van der Waals surface area contributed by atoms with E-state index in [0.717, 1.165) is 16.9 Å². The van der Waals surface area contributed by atoms with Gasteiger partial charge in [-0.25, -0.2) is 8.42 Å². The van der Waals surface area contributed by atoms with Gasteiger partial charge in [-0.15, -0.1) is 23.7 Å².